The second-order valence-electron chi connectivity index (χ2n) is 12.9. The molecule has 0 bridgehead atoms. The molecule has 1 aliphatic rings. The van der Waals surface area contributed by atoms with Crippen LogP contribution < -0.4 is 4.74 Å². The number of pyridine rings is 1. The molecule has 5 aromatic rings. The highest BCUT2D eigenvalue weighted by Gasteiger charge is 2.21. The zero-order valence-electron chi connectivity index (χ0n) is 28.2. The van der Waals surface area contributed by atoms with Crippen LogP contribution in [0.5, 0.6) is 5.88 Å². The smallest absolute Gasteiger partial charge is 0.338 e. The monoisotopic (exact) mass is 683 g/mol. The summed E-state index contributed by atoms with van der Waals surface area (Å²) in [5.41, 5.74) is 1.95. The summed E-state index contributed by atoms with van der Waals surface area (Å²) in [5, 5.41) is 0. The van der Waals surface area contributed by atoms with Gasteiger partial charge < -0.3 is 23.5 Å². The number of methoxy groups -OCH3 is 1. The van der Waals surface area contributed by atoms with Gasteiger partial charge >= 0.3 is 5.97 Å². The van der Waals surface area contributed by atoms with Gasteiger partial charge in [0, 0.05) is 42.8 Å². The quantitative estimate of drug-likeness (QED) is 0.113. The second kappa shape index (κ2) is 14.7. The molecule has 8 nitrogen and oxygen atoms in total. The molecule has 50 heavy (non-hydrogen) atoms. The Morgan fingerprint density at radius 1 is 0.960 bits per heavy atom. The number of halogens is 3. The predicted octanol–water partition coefficient (Wildman–Crippen LogP) is 7.29. The van der Waals surface area contributed by atoms with E-state index in [4.69, 9.17) is 18.9 Å². The number of ether oxygens (including phenoxy) is 4. The first-order chi connectivity index (χ1) is 24.0. The van der Waals surface area contributed by atoms with Gasteiger partial charge in [-0.3, -0.25) is 0 Å². The Bertz CT molecular complexity index is 2110. The normalized spacial score (nSPS) is 13.1. The van der Waals surface area contributed by atoms with Crippen LogP contribution in [0, 0.1) is 35.2 Å². The zero-order chi connectivity index (χ0) is 35.4. The van der Waals surface area contributed by atoms with E-state index in [1.165, 1.54) is 12.1 Å². The van der Waals surface area contributed by atoms with Crippen LogP contribution in [0.1, 0.15) is 53.6 Å². The van der Waals surface area contributed by atoms with E-state index in [0.29, 0.717) is 59.9 Å². The van der Waals surface area contributed by atoms with Crippen molar-refractivity contribution in [1.82, 2.24) is 14.5 Å². The van der Waals surface area contributed by atoms with Crippen LogP contribution in [-0.2, 0) is 33.8 Å². The zero-order valence-corrected chi connectivity index (χ0v) is 28.2. The highest BCUT2D eigenvalue weighted by Crippen LogP contribution is 2.29. The molecule has 6 rings (SSSR count). The lowest BCUT2D eigenvalue weighted by molar-refractivity contribution is -0.00301. The highest BCUT2D eigenvalue weighted by atomic mass is 19.1. The molecule has 258 valence electrons. The van der Waals surface area contributed by atoms with Gasteiger partial charge in [-0.25, -0.2) is 27.9 Å². The van der Waals surface area contributed by atoms with Crippen molar-refractivity contribution in [3.8, 4) is 29.0 Å². The van der Waals surface area contributed by atoms with Gasteiger partial charge in [-0.15, -0.1) is 0 Å². The maximum Gasteiger partial charge on any atom is 0.338 e. The molecule has 0 saturated carbocycles. The van der Waals surface area contributed by atoms with E-state index in [9.17, 15) is 9.18 Å². The fourth-order valence-corrected chi connectivity index (χ4v) is 5.34. The lowest BCUT2D eigenvalue weighted by Gasteiger charge is -2.19. The second-order valence-corrected chi connectivity index (χ2v) is 12.9. The minimum Gasteiger partial charge on any atom is -0.473 e. The van der Waals surface area contributed by atoms with Crippen LogP contribution in [0.4, 0.5) is 13.2 Å². The van der Waals surface area contributed by atoms with Crippen molar-refractivity contribution >= 4 is 17.0 Å². The number of hydrogen-bond donors (Lipinski definition) is 0. The molecule has 1 fully saturated rings. The molecule has 3 heterocycles. The molecule has 0 spiro atoms. The van der Waals surface area contributed by atoms with Crippen molar-refractivity contribution in [2.24, 2.45) is 5.92 Å². The molecule has 1 aliphatic heterocycles. The van der Waals surface area contributed by atoms with Gasteiger partial charge in [0.2, 0.25) is 5.88 Å². The van der Waals surface area contributed by atoms with E-state index in [1.54, 1.807) is 70.3 Å². The standard InChI is InChI=1S/C39H36F3N3O5/c1-39(2,3)50-38(46)26-12-13-34-35(18-26)45(14-15-47-4)36(43-34)19-28-17-32(42)29(20-31(28)41)33-6-5-7-37(44-33)49-23-27-11-10-24(16-30(27)40)8-9-25-21-48-22-25/h5-7,10-13,16-18,20,25H,14-15,19,21-23H2,1-4H3. The molecule has 2 aromatic heterocycles. The fourth-order valence-electron chi connectivity index (χ4n) is 5.34. The minimum atomic E-state index is -0.686. The van der Waals surface area contributed by atoms with Crippen molar-refractivity contribution < 1.29 is 36.9 Å². The van der Waals surface area contributed by atoms with E-state index >= 15 is 8.78 Å². The summed E-state index contributed by atoms with van der Waals surface area (Å²) in [6, 6.07) is 16.6. The maximum atomic E-state index is 15.6. The van der Waals surface area contributed by atoms with E-state index in [1.807, 2.05) is 4.57 Å². The first-order valence-electron chi connectivity index (χ1n) is 16.1. The Morgan fingerprint density at radius 3 is 2.48 bits per heavy atom. The maximum absolute atomic E-state index is 15.6. The van der Waals surface area contributed by atoms with Crippen LogP contribution in [0.2, 0.25) is 0 Å². The summed E-state index contributed by atoms with van der Waals surface area (Å²) in [5.74, 6) is 4.49. The van der Waals surface area contributed by atoms with Gasteiger partial charge in [-0.1, -0.05) is 24.0 Å². The first kappa shape index (κ1) is 34.7. The number of rotatable bonds is 10. The Morgan fingerprint density at radius 2 is 1.76 bits per heavy atom. The molecule has 0 radical (unpaired) electrons. The van der Waals surface area contributed by atoms with Crippen LogP contribution in [0.15, 0.2) is 66.7 Å². The molecule has 0 N–H and O–H groups in total. The SMILES string of the molecule is COCCn1c(Cc2cc(F)c(-c3cccc(OCc4ccc(C#CC5COC5)cc4F)n3)cc2F)nc2ccc(C(=O)OC(C)(C)C)cc21. The molecule has 0 atom stereocenters. The number of fused-ring (bicyclic) bond motifs is 1. The topological polar surface area (TPSA) is 84.7 Å². The van der Waals surface area contributed by atoms with Crippen LogP contribution in [0.3, 0.4) is 0 Å². The highest BCUT2D eigenvalue weighted by molar-refractivity contribution is 5.94. The van der Waals surface area contributed by atoms with Crippen molar-refractivity contribution in [3.63, 3.8) is 0 Å². The van der Waals surface area contributed by atoms with Crippen LogP contribution in [-0.4, -0.2) is 53.0 Å². The number of nitrogens with zero attached hydrogens (tertiary/aromatic N) is 3. The van der Waals surface area contributed by atoms with Gasteiger partial charge in [0.25, 0.3) is 0 Å². The summed E-state index contributed by atoms with van der Waals surface area (Å²) in [6.07, 6.45) is -0.0231. The third-order valence-electron chi connectivity index (χ3n) is 7.95. The summed E-state index contributed by atoms with van der Waals surface area (Å²) >= 11 is 0. The van der Waals surface area contributed by atoms with Crippen molar-refractivity contribution in [1.29, 1.82) is 0 Å². The fraction of sp³-hybridized carbons (Fsp3) is 0.308. The Hall–Kier alpha value is -5.18. The number of aromatic nitrogens is 3. The third-order valence-corrected chi connectivity index (χ3v) is 7.95. The molecule has 11 heteroatoms. The summed E-state index contributed by atoms with van der Waals surface area (Å²) in [6.45, 7) is 7.13. The first-order valence-corrected chi connectivity index (χ1v) is 16.1. The number of carbonyl (C=O) groups excluding carboxylic acids is 1. The molecule has 3 aromatic carbocycles. The van der Waals surface area contributed by atoms with Crippen molar-refractivity contribution in [2.45, 2.75) is 45.9 Å². The van der Waals surface area contributed by atoms with Gasteiger partial charge in [-0.05, 0) is 74.9 Å². The van der Waals surface area contributed by atoms with Gasteiger partial charge in [0.1, 0.15) is 35.5 Å². The van der Waals surface area contributed by atoms with Crippen LogP contribution >= 0.6 is 0 Å². The average molecular weight is 684 g/mol. The summed E-state index contributed by atoms with van der Waals surface area (Å²) < 4.78 is 69.4. The third kappa shape index (κ3) is 8.16. The average Bonchev–Trinajstić information content (AvgIpc) is 3.39. The number of carbonyl (C=O) groups is 1. The lowest BCUT2D eigenvalue weighted by Crippen LogP contribution is -2.25. The molecular weight excluding hydrogens is 647 g/mol. The summed E-state index contributed by atoms with van der Waals surface area (Å²) in [7, 11) is 1.56. The Kier molecular flexibility index (Phi) is 10.2. The number of benzene rings is 3. The van der Waals surface area contributed by atoms with Gasteiger partial charge in [-0.2, -0.15) is 0 Å². The lowest BCUT2D eigenvalue weighted by atomic mass is 10.0. The van der Waals surface area contributed by atoms with E-state index in [2.05, 4.69) is 21.8 Å². The molecular formula is C39H36F3N3O5. The van der Waals surface area contributed by atoms with E-state index in [-0.39, 0.29) is 41.6 Å². The molecule has 0 aliphatic carbocycles. The van der Waals surface area contributed by atoms with Crippen LogP contribution in [0.25, 0.3) is 22.3 Å². The Labute approximate surface area is 288 Å². The number of imidazole rings is 1. The predicted molar refractivity (Wildman–Crippen MR) is 181 cm³/mol. The molecule has 0 amide bonds. The Balaban J connectivity index is 1.20. The van der Waals surface area contributed by atoms with Crippen molar-refractivity contribution in [2.75, 3.05) is 26.9 Å². The largest absolute Gasteiger partial charge is 0.473 e. The molecule has 0 unspecified atom stereocenters. The number of hydrogen-bond acceptors (Lipinski definition) is 7. The van der Waals surface area contributed by atoms with Crippen molar-refractivity contribution in [3.05, 3.63) is 112 Å². The minimum absolute atomic E-state index is 0.0231. The van der Waals surface area contributed by atoms with E-state index < -0.39 is 29.0 Å². The molecule has 1 saturated heterocycles. The summed E-state index contributed by atoms with van der Waals surface area (Å²) in [4.78, 5) is 21.8. The van der Waals surface area contributed by atoms with Gasteiger partial charge in [0.15, 0.2) is 0 Å². The van der Waals surface area contributed by atoms with E-state index in [0.717, 1.165) is 12.1 Å². The van der Waals surface area contributed by atoms with Gasteiger partial charge in [0.05, 0.1) is 48.0 Å². The number of esters is 1.